The Labute approximate surface area is 131 Å². The quantitative estimate of drug-likeness (QED) is 0.902. The fraction of sp³-hybridized carbons (Fsp3) is 0.235. The van der Waals surface area contributed by atoms with Crippen molar-refractivity contribution >= 4 is 21.8 Å². The summed E-state index contributed by atoms with van der Waals surface area (Å²) in [6.07, 6.45) is 1.53. The number of hydrogen-bond acceptors (Lipinski definition) is 1. The molecule has 0 unspecified atom stereocenters. The van der Waals surface area contributed by atoms with E-state index in [1.54, 1.807) is 12.1 Å². The van der Waals surface area contributed by atoms with Crippen molar-refractivity contribution in [2.24, 2.45) is 5.92 Å². The Morgan fingerprint density at radius 1 is 1.19 bits per heavy atom. The van der Waals surface area contributed by atoms with Gasteiger partial charge in [0.25, 0.3) is 0 Å². The van der Waals surface area contributed by atoms with Gasteiger partial charge in [-0.05, 0) is 42.2 Å². The monoisotopic (exact) mass is 347 g/mol. The summed E-state index contributed by atoms with van der Waals surface area (Å²) in [6, 6.07) is 12.9. The van der Waals surface area contributed by atoms with Gasteiger partial charge in [-0.2, -0.15) is 0 Å². The molecule has 1 amide bonds. The van der Waals surface area contributed by atoms with Crippen LogP contribution in [0.25, 0.3) is 0 Å². The molecule has 0 bridgehead atoms. The largest absolute Gasteiger partial charge is 0.352 e. The normalized spacial score (nSPS) is 14.0. The molecular formula is C17H15BrFNO. The molecule has 3 rings (SSSR count). The molecule has 4 heteroatoms. The van der Waals surface area contributed by atoms with Crippen LogP contribution in [-0.2, 0) is 24.2 Å². The number of benzene rings is 2. The first kappa shape index (κ1) is 14.3. The molecule has 2 aromatic carbocycles. The number of carbonyl (C=O) groups is 1. The van der Waals surface area contributed by atoms with Crippen LogP contribution in [0, 0.1) is 11.7 Å². The smallest absolute Gasteiger partial charge is 0.224 e. The molecule has 1 aliphatic carbocycles. The summed E-state index contributed by atoms with van der Waals surface area (Å²) in [7, 11) is 0. The first-order valence-corrected chi connectivity index (χ1v) is 7.71. The summed E-state index contributed by atoms with van der Waals surface area (Å²) >= 11 is 3.31. The highest BCUT2D eigenvalue weighted by molar-refractivity contribution is 9.10. The number of halogens is 2. The highest BCUT2D eigenvalue weighted by Crippen LogP contribution is 2.26. The Balaban J connectivity index is 1.62. The molecule has 21 heavy (non-hydrogen) atoms. The van der Waals surface area contributed by atoms with Gasteiger partial charge in [0.05, 0.1) is 0 Å². The van der Waals surface area contributed by atoms with Crippen molar-refractivity contribution in [3.8, 4) is 0 Å². The lowest BCUT2D eigenvalue weighted by Gasteiger charge is -2.11. The highest BCUT2D eigenvalue weighted by Gasteiger charge is 2.26. The summed E-state index contributed by atoms with van der Waals surface area (Å²) in [6.45, 7) is 0.219. The van der Waals surface area contributed by atoms with E-state index in [1.165, 1.54) is 17.2 Å². The fourth-order valence-corrected chi connectivity index (χ4v) is 3.16. The zero-order valence-corrected chi connectivity index (χ0v) is 13.0. The topological polar surface area (TPSA) is 29.1 Å². The van der Waals surface area contributed by atoms with Crippen molar-refractivity contribution in [2.75, 3.05) is 0 Å². The van der Waals surface area contributed by atoms with E-state index in [9.17, 15) is 9.18 Å². The molecular weight excluding hydrogens is 333 g/mol. The second kappa shape index (κ2) is 5.98. The SMILES string of the molecule is O=C(NCc1cc(Br)ccc1F)C1Cc2ccccc2C1. The Bertz CT molecular complexity index is 661. The second-order valence-corrected chi connectivity index (χ2v) is 6.24. The van der Waals surface area contributed by atoms with Crippen LogP contribution in [0.15, 0.2) is 46.9 Å². The van der Waals surface area contributed by atoms with Gasteiger partial charge < -0.3 is 5.32 Å². The van der Waals surface area contributed by atoms with E-state index in [0.717, 1.165) is 17.3 Å². The third-order valence-corrected chi connectivity index (χ3v) is 4.38. The lowest BCUT2D eigenvalue weighted by atomic mass is 10.1. The van der Waals surface area contributed by atoms with Crippen molar-refractivity contribution in [3.63, 3.8) is 0 Å². The minimum Gasteiger partial charge on any atom is -0.352 e. The van der Waals surface area contributed by atoms with Crippen LogP contribution in [0.5, 0.6) is 0 Å². The molecule has 2 aromatic rings. The predicted molar refractivity (Wildman–Crippen MR) is 83.3 cm³/mol. The van der Waals surface area contributed by atoms with Crippen LogP contribution in [0.2, 0.25) is 0 Å². The lowest BCUT2D eigenvalue weighted by molar-refractivity contribution is -0.124. The van der Waals surface area contributed by atoms with Gasteiger partial charge in [-0.3, -0.25) is 4.79 Å². The van der Waals surface area contributed by atoms with Crippen molar-refractivity contribution in [3.05, 3.63) is 69.4 Å². The molecule has 0 fully saturated rings. The Hall–Kier alpha value is -1.68. The third kappa shape index (κ3) is 3.16. The minimum absolute atomic E-state index is 0.00873. The molecule has 0 spiro atoms. The van der Waals surface area contributed by atoms with E-state index < -0.39 is 0 Å². The second-order valence-electron chi connectivity index (χ2n) is 5.33. The molecule has 1 aliphatic rings. The van der Waals surface area contributed by atoms with Crippen LogP contribution in [-0.4, -0.2) is 5.91 Å². The standard InChI is InChI=1S/C17H15BrFNO/c18-15-5-6-16(19)14(9-15)10-20-17(21)13-7-11-3-1-2-4-12(11)8-13/h1-6,9,13H,7-8,10H2,(H,20,21). The predicted octanol–water partition coefficient (Wildman–Crippen LogP) is 3.62. The van der Waals surface area contributed by atoms with E-state index in [1.807, 2.05) is 12.1 Å². The first-order valence-electron chi connectivity index (χ1n) is 6.92. The van der Waals surface area contributed by atoms with Crippen LogP contribution in [0.3, 0.4) is 0 Å². The number of fused-ring (bicyclic) bond motifs is 1. The molecule has 0 atom stereocenters. The number of rotatable bonds is 3. The number of hydrogen-bond donors (Lipinski definition) is 1. The maximum Gasteiger partial charge on any atom is 0.224 e. The Kier molecular flexibility index (Phi) is 4.06. The maximum absolute atomic E-state index is 13.6. The van der Waals surface area contributed by atoms with Gasteiger partial charge >= 0.3 is 0 Å². The Morgan fingerprint density at radius 2 is 1.86 bits per heavy atom. The lowest BCUT2D eigenvalue weighted by Crippen LogP contribution is -2.30. The van der Waals surface area contributed by atoms with Crippen molar-refractivity contribution < 1.29 is 9.18 Å². The molecule has 0 saturated carbocycles. The van der Waals surface area contributed by atoms with E-state index in [4.69, 9.17) is 0 Å². The third-order valence-electron chi connectivity index (χ3n) is 3.88. The maximum atomic E-state index is 13.6. The zero-order valence-electron chi connectivity index (χ0n) is 11.4. The molecule has 2 nitrogen and oxygen atoms in total. The average molecular weight is 348 g/mol. The molecule has 0 saturated heterocycles. The average Bonchev–Trinajstić information content (AvgIpc) is 2.92. The van der Waals surface area contributed by atoms with E-state index in [0.29, 0.717) is 5.56 Å². The summed E-state index contributed by atoms with van der Waals surface area (Å²) in [5.41, 5.74) is 2.98. The molecule has 0 heterocycles. The number of carbonyl (C=O) groups excluding carboxylic acids is 1. The number of amides is 1. The summed E-state index contributed by atoms with van der Waals surface area (Å²) in [5.74, 6) is -0.351. The minimum atomic E-state index is -0.298. The zero-order chi connectivity index (χ0) is 14.8. The van der Waals surface area contributed by atoms with E-state index >= 15 is 0 Å². The van der Waals surface area contributed by atoms with Gasteiger partial charge in [-0.15, -0.1) is 0 Å². The molecule has 0 aromatic heterocycles. The van der Waals surface area contributed by atoms with Gasteiger partial charge in [-0.25, -0.2) is 4.39 Å². The van der Waals surface area contributed by atoms with Crippen molar-refractivity contribution in [1.29, 1.82) is 0 Å². The van der Waals surface area contributed by atoms with Gasteiger partial charge in [-0.1, -0.05) is 40.2 Å². The van der Waals surface area contributed by atoms with E-state index in [2.05, 4.69) is 33.4 Å². The van der Waals surface area contributed by atoms with Crippen LogP contribution >= 0.6 is 15.9 Å². The first-order chi connectivity index (χ1) is 10.1. The van der Waals surface area contributed by atoms with Gasteiger partial charge in [0.2, 0.25) is 5.91 Å². The molecule has 1 N–H and O–H groups in total. The number of nitrogens with one attached hydrogen (secondary N) is 1. The van der Waals surface area contributed by atoms with Crippen LogP contribution in [0.4, 0.5) is 4.39 Å². The molecule has 0 aliphatic heterocycles. The summed E-state index contributed by atoms with van der Waals surface area (Å²) < 4.78 is 14.4. The van der Waals surface area contributed by atoms with Crippen molar-refractivity contribution in [1.82, 2.24) is 5.32 Å². The highest BCUT2D eigenvalue weighted by atomic mass is 79.9. The Morgan fingerprint density at radius 3 is 2.52 bits per heavy atom. The van der Waals surface area contributed by atoms with E-state index in [-0.39, 0.29) is 24.2 Å². The fourth-order valence-electron chi connectivity index (χ4n) is 2.75. The molecule has 108 valence electrons. The van der Waals surface area contributed by atoms with Crippen molar-refractivity contribution in [2.45, 2.75) is 19.4 Å². The van der Waals surface area contributed by atoms with Gasteiger partial charge in [0, 0.05) is 22.5 Å². The summed E-state index contributed by atoms with van der Waals surface area (Å²) in [5, 5.41) is 2.84. The van der Waals surface area contributed by atoms with Crippen LogP contribution < -0.4 is 5.32 Å². The molecule has 0 radical (unpaired) electrons. The van der Waals surface area contributed by atoms with Gasteiger partial charge in [0.1, 0.15) is 5.82 Å². The summed E-state index contributed by atoms with van der Waals surface area (Å²) in [4.78, 5) is 12.2. The van der Waals surface area contributed by atoms with Gasteiger partial charge in [0.15, 0.2) is 0 Å². The van der Waals surface area contributed by atoms with Crippen LogP contribution in [0.1, 0.15) is 16.7 Å².